The Morgan fingerprint density at radius 3 is 2.48 bits per heavy atom. The zero-order valence-corrected chi connectivity index (χ0v) is 15.6. The Bertz CT molecular complexity index is 512. The van der Waals surface area contributed by atoms with Gasteiger partial charge < -0.3 is 29.0 Å². The summed E-state index contributed by atoms with van der Waals surface area (Å²) in [5.74, 6) is 0. The summed E-state index contributed by atoms with van der Waals surface area (Å²) in [6.07, 6.45) is 0.800. The zero-order chi connectivity index (χ0) is 17.6. The first-order valence-corrected chi connectivity index (χ1v) is 9.67. The van der Waals surface area contributed by atoms with Crippen LogP contribution in [-0.4, -0.2) is 59.5 Å². The summed E-state index contributed by atoms with van der Waals surface area (Å²) in [7, 11) is 0. The van der Waals surface area contributed by atoms with Gasteiger partial charge in [-0.2, -0.15) is 0 Å². The van der Waals surface area contributed by atoms with E-state index >= 15 is 0 Å². The van der Waals surface area contributed by atoms with Crippen LogP contribution in [0.15, 0.2) is 0 Å². The quantitative estimate of drug-likeness (QED) is 0.698. The van der Waals surface area contributed by atoms with Gasteiger partial charge in [-0.15, -0.1) is 0 Å². The van der Waals surface area contributed by atoms with Crippen molar-refractivity contribution in [3.8, 4) is 0 Å². The van der Waals surface area contributed by atoms with Gasteiger partial charge in [-0.05, 0) is 12.8 Å². The van der Waals surface area contributed by atoms with Crippen molar-refractivity contribution in [1.82, 2.24) is 5.32 Å². The minimum Gasteiger partial charge on any atom is -0.438 e. The molecule has 142 valence electrons. The lowest BCUT2D eigenvalue weighted by Gasteiger charge is -2.34. The molecule has 0 aromatic carbocycles. The minimum absolute atomic E-state index is 0.133. The van der Waals surface area contributed by atoms with Crippen LogP contribution in [0.25, 0.3) is 0 Å². The van der Waals surface area contributed by atoms with Crippen molar-refractivity contribution in [1.29, 1.82) is 0 Å². The highest BCUT2D eigenvalue weighted by Crippen LogP contribution is 2.44. The number of hydrogen-bond acceptors (Lipinski definition) is 6. The summed E-state index contributed by atoms with van der Waals surface area (Å²) >= 11 is 17.6. The largest absolute Gasteiger partial charge is 0.438 e. The Labute approximate surface area is 160 Å². The van der Waals surface area contributed by atoms with E-state index in [0.29, 0.717) is 6.61 Å². The summed E-state index contributed by atoms with van der Waals surface area (Å²) in [5.41, 5.74) is 0. The molecule has 10 heteroatoms. The van der Waals surface area contributed by atoms with Crippen LogP contribution < -0.4 is 5.32 Å². The highest BCUT2D eigenvalue weighted by atomic mass is 35.6. The fourth-order valence-electron chi connectivity index (χ4n) is 3.82. The van der Waals surface area contributed by atoms with Crippen LogP contribution in [0.3, 0.4) is 0 Å². The van der Waals surface area contributed by atoms with Crippen LogP contribution in [0.1, 0.15) is 32.1 Å². The molecule has 4 aliphatic rings. The summed E-state index contributed by atoms with van der Waals surface area (Å²) in [6, 6.07) is 0.133. The molecule has 1 aliphatic carbocycles. The molecular weight excluding hydrogens is 397 g/mol. The second-order valence-electron chi connectivity index (χ2n) is 6.80. The fourth-order valence-corrected chi connectivity index (χ4v) is 4.13. The smallest absolute Gasteiger partial charge is 0.407 e. The van der Waals surface area contributed by atoms with E-state index in [4.69, 9.17) is 58.5 Å². The summed E-state index contributed by atoms with van der Waals surface area (Å²) in [6.45, 7) is 0.311. The van der Waals surface area contributed by atoms with Gasteiger partial charge in [0.25, 0.3) is 0 Å². The number of nitrogens with one attached hydrogen (secondary N) is 1. The molecule has 1 saturated carbocycles. The van der Waals surface area contributed by atoms with Crippen LogP contribution >= 0.6 is 34.8 Å². The number of alkyl carbamates (subject to hydrolysis) is 1. The van der Waals surface area contributed by atoms with Gasteiger partial charge >= 0.3 is 6.09 Å². The molecule has 4 rings (SSSR count). The van der Waals surface area contributed by atoms with E-state index in [1.807, 2.05) is 0 Å². The van der Waals surface area contributed by atoms with Crippen molar-refractivity contribution >= 4 is 40.9 Å². The molecule has 1 unspecified atom stereocenters. The van der Waals surface area contributed by atoms with Gasteiger partial charge in [-0.1, -0.05) is 54.1 Å². The van der Waals surface area contributed by atoms with Crippen LogP contribution in [-0.2, 0) is 23.7 Å². The number of halogens is 3. The number of carbonyl (C=O) groups is 1. The Hall–Kier alpha value is -0.0200. The molecule has 4 fully saturated rings. The molecule has 3 aliphatic heterocycles. The van der Waals surface area contributed by atoms with Gasteiger partial charge in [0.1, 0.15) is 18.3 Å². The first kappa shape index (κ1) is 18.3. The Balaban J connectivity index is 1.42. The normalized spacial score (nSPS) is 41.4. The maximum absolute atomic E-state index is 12.3. The Kier molecular flexibility index (Phi) is 5.27. The summed E-state index contributed by atoms with van der Waals surface area (Å²) in [5, 5.41) is 2.90. The molecule has 0 aromatic rings. The van der Waals surface area contributed by atoms with Crippen molar-refractivity contribution in [2.75, 3.05) is 6.61 Å². The molecule has 6 atom stereocenters. The molecule has 0 radical (unpaired) electrons. The van der Waals surface area contributed by atoms with Crippen molar-refractivity contribution in [2.45, 2.75) is 78.9 Å². The third-order valence-corrected chi connectivity index (χ3v) is 5.55. The van der Waals surface area contributed by atoms with E-state index in [2.05, 4.69) is 5.32 Å². The van der Waals surface area contributed by atoms with E-state index in [0.717, 1.165) is 25.7 Å². The standard InChI is InChI=1S/C15H20Cl3NO6/c16-15(17,18)13-23-9-8-6-21-12(22-8)11(10(9)24-13)25-14(20)19-7-4-2-1-3-5-7/h7-13H,1-6H2,(H,19,20)/t8-,9-,10-,11+,12-,13?/m1/s1. The monoisotopic (exact) mass is 415 g/mol. The summed E-state index contributed by atoms with van der Waals surface area (Å²) in [4.78, 5) is 12.3. The van der Waals surface area contributed by atoms with Crippen molar-refractivity contribution in [2.24, 2.45) is 0 Å². The topological polar surface area (TPSA) is 75.3 Å². The Morgan fingerprint density at radius 2 is 1.76 bits per heavy atom. The van der Waals surface area contributed by atoms with Crippen LogP contribution in [0.5, 0.6) is 0 Å². The molecule has 3 saturated heterocycles. The average molecular weight is 417 g/mol. The molecule has 0 spiro atoms. The molecule has 25 heavy (non-hydrogen) atoms. The minimum atomic E-state index is -1.74. The van der Waals surface area contributed by atoms with Crippen molar-refractivity contribution < 1.29 is 28.5 Å². The third kappa shape index (κ3) is 3.83. The maximum Gasteiger partial charge on any atom is 0.407 e. The molecule has 0 aromatic heterocycles. The third-order valence-electron chi connectivity index (χ3n) is 5.01. The lowest BCUT2D eigenvalue weighted by atomic mass is 9.96. The van der Waals surface area contributed by atoms with E-state index in [-0.39, 0.29) is 12.1 Å². The zero-order valence-electron chi connectivity index (χ0n) is 13.4. The molecule has 1 N–H and O–H groups in total. The number of hydrogen-bond donors (Lipinski definition) is 1. The maximum atomic E-state index is 12.3. The fraction of sp³-hybridized carbons (Fsp3) is 0.933. The lowest BCUT2D eigenvalue weighted by molar-refractivity contribution is -0.202. The highest BCUT2D eigenvalue weighted by Gasteiger charge is 2.60. The molecular formula is C15H20Cl3NO6. The predicted molar refractivity (Wildman–Crippen MR) is 88.7 cm³/mol. The van der Waals surface area contributed by atoms with E-state index in [9.17, 15) is 4.79 Å². The number of ether oxygens (including phenoxy) is 5. The van der Waals surface area contributed by atoms with Crippen molar-refractivity contribution in [3.05, 3.63) is 0 Å². The van der Waals surface area contributed by atoms with Gasteiger partial charge in [0, 0.05) is 6.04 Å². The first-order valence-electron chi connectivity index (χ1n) is 8.53. The number of fused-ring (bicyclic) bond motifs is 4. The van der Waals surface area contributed by atoms with Crippen molar-refractivity contribution in [3.63, 3.8) is 0 Å². The van der Waals surface area contributed by atoms with Gasteiger partial charge in [0.15, 0.2) is 12.4 Å². The predicted octanol–water partition coefficient (Wildman–Crippen LogP) is 2.65. The van der Waals surface area contributed by atoms with Gasteiger partial charge in [0.2, 0.25) is 10.1 Å². The lowest BCUT2D eigenvalue weighted by Crippen LogP contribution is -2.55. The summed E-state index contributed by atoms with van der Waals surface area (Å²) < 4.78 is 26.5. The van der Waals surface area contributed by atoms with Crippen LogP contribution in [0.4, 0.5) is 4.79 Å². The first-order chi connectivity index (χ1) is 11.9. The number of alkyl halides is 3. The van der Waals surface area contributed by atoms with E-state index in [1.54, 1.807) is 0 Å². The molecule has 7 nitrogen and oxygen atoms in total. The second kappa shape index (κ2) is 7.19. The van der Waals surface area contributed by atoms with E-state index in [1.165, 1.54) is 6.42 Å². The average Bonchev–Trinajstić information content (AvgIpc) is 3.18. The molecule has 3 heterocycles. The number of amides is 1. The van der Waals surface area contributed by atoms with Gasteiger partial charge in [0.05, 0.1) is 6.61 Å². The van der Waals surface area contributed by atoms with Gasteiger partial charge in [-0.3, -0.25) is 0 Å². The van der Waals surface area contributed by atoms with Crippen LogP contribution in [0.2, 0.25) is 0 Å². The van der Waals surface area contributed by atoms with E-state index < -0.39 is 40.8 Å². The van der Waals surface area contributed by atoms with Crippen LogP contribution in [0, 0.1) is 0 Å². The SMILES string of the molecule is O=C(NC1CCCCC1)O[C@@H]1[C@@H]2OC[C@@H](O2)[C@H]2OC(C(Cl)(Cl)Cl)O[C@@H]12. The number of carbonyl (C=O) groups excluding carboxylic acids is 1. The Morgan fingerprint density at radius 1 is 1.04 bits per heavy atom. The second-order valence-corrected chi connectivity index (χ2v) is 9.17. The number of rotatable bonds is 2. The molecule has 1 amide bonds. The molecule has 2 bridgehead atoms. The van der Waals surface area contributed by atoms with Gasteiger partial charge in [-0.25, -0.2) is 4.79 Å². The highest BCUT2D eigenvalue weighted by molar-refractivity contribution is 6.67.